The van der Waals surface area contributed by atoms with Gasteiger partial charge in [-0.3, -0.25) is 14.4 Å². The monoisotopic (exact) mass is 567 g/mol. The molecule has 5 atom stereocenters. The van der Waals surface area contributed by atoms with Crippen molar-refractivity contribution in [3.63, 3.8) is 0 Å². The molecule has 0 saturated carbocycles. The number of unbranched alkanes of at least 4 members (excludes halogenated alkanes) is 3. The van der Waals surface area contributed by atoms with E-state index in [0.29, 0.717) is 56.8 Å². The summed E-state index contributed by atoms with van der Waals surface area (Å²) < 4.78 is 11.9. The van der Waals surface area contributed by atoms with Crippen LogP contribution < -0.4 is 9.64 Å². The summed E-state index contributed by atoms with van der Waals surface area (Å²) in [5.74, 6) is -1.14. The van der Waals surface area contributed by atoms with Gasteiger partial charge in [-0.25, -0.2) is 0 Å². The molecule has 4 rings (SSSR count). The van der Waals surface area contributed by atoms with Crippen molar-refractivity contribution in [1.29, 1.82) is 0 Å². The second-order valence-electron chi connectivity index (χ2n) is 11.2. The zero-order valence-corrected chi connectivity index (χ0v) is 24.5. The van der Waals surface area contributed by atoms with Crippen molar-refractivity contribution in [2.75, 3.05) is 44.8 Å². The summed E-state index contributed by atoms with van der Waals surface area (Å²) in [5.41, 5.74) is -0.381. The molecule has 41 heavy (non-hydrogen) atoms. The summed E-state index contributed by atoms with van der Waals surface area (Å²) in [6, 6.07) is 6.40. The number of carbonyl (C=O) groups is 3. The number of fused-ring (bicyclic) bond motifs is 1. The third kappa shape index (κ3) is 5.79. The molecule has 3 aliphatic heterocycles. The van der Waals surface area contributed by atoms with Gasteiger partial charge in [-0.05, 0) is 56.4 Å². The minimum atomic E-state index is -1.05. The summed E-state index contributed by atoms with van der Waals surface area (Å²) in [5, 5.41) is 9.18. The number of likely N-dealkylation sites (tertiary alicyclic amines) is 1. The molecule has 3 aliphatic rings. The number of hydrogen-bond donors (Lipinski definition) is 1. The molecule has 3 heterocycles. The summed E-state index contributed by atoms with van der Waals surface area (Å²) in [7, 11) is 1.59. The average Bonchev–Trinajstić information content (AvgIpc) is 3.62. The molecule has 0 aromatic heterocycles. The molecule has 3 saturated heterocycles. The van der Waals surface area contributed by atoms with Crippen LogP contribution in [0.2, 0.25) is 0 Å². The van der Waals surface area contributed by atoms with E-state index in [4.69, 9.17) is 9.47 Å². The summed E-state index contributed by atoms with van der Waals surface area (Å²) in [4.78, 5) is 47.8. The number of nitrogens with zero attached hydrogens (tertiary/aromatic N) is 3. The van der Waals surface area contributed by atoms with Gasteiger partial charge in [0.2, 0.25) is 11.8 Å². The summed E-state index contributed by atoms with van der Waals surface area (Å²) in [6.45, 7) is 11.5. The van der Waals surface area contributed by atoms with Crippen LogP contribution in [0.5, 0.6) is 5.75 Å². The van der Waals surface area contributed by atoms with E-state index in [0.717, 1.165) is 19.3 Å². The van der Waals surface area contributed by atoms with Crippen LogP contribution in [0.1, 0.15) is 51.9 Å². The van der Waals surface area contributed by atoms with Crippen molar-refractivity contribution in [2.45, 2.75) is 69.6 Å². The fourth-order valence-corrected chi connectivity index (χ4v) is 6.99. The highest BCUT2D eigenvalue weighted by molar-refractivity contribution is 6.05. The Balaban J connectivity index is 1.71. The van der Waals surface area contributed by atoms with Crippen LogP contribution in [-0.4, -0.2) is 90.3 Å². The molecular weight excluding hydrogens is 522 g/mol. The molecule has 3 fully saturated rings. The normalized spacial score (nSPS) is 26.1. The number of carbonyl (C=O) groups excluding carboxylic acids is 3. The van der Waals surface area contributed by atoms with Crippen LogP contribution in [0.15, 0.2) is 49.6 Å². The predicted molar refractivity (Wildman–Crippen MR) is 157 cm³/mol. The van der Waals surface area contributed by atoms with Crippen molar-refractivity contribution in [3.8, 4) is 5.75 Å². The van der Waals surface area contributed by atoms with Gasteiger partial charge in [0.25, 0.3) is 5.91 Å². The smallest absolute Gasteiger partial charge is 0.253 e. The lowest BCUT2D eigenvalue weighted by Gasteiger charge is -2.37. The molecule has 224 valence electrons. The van der Waals surface area contributed by atoms with E-state index in [-0.39, 0.29) is 30.9 Å². The van der Waals surface area contributed by atoms with Crippen LogP contribution in [0.25, 0.3) is 0 Å². The van der Waals surface area contributed by atoms with Gasteiger partial charge in [-0.15, -0.1) is 13.2 Å². The Morgan fingerprint density at radius 3 is 2.46 bits per heavy atom. The van der Waals surface area contributed by atoms with Gasteiger partial charge in [0.05, 0.1) is 25.0 Å². The Hall–Kier alpha value is -3.17. The Labute approximate surface area is 243 Å². The maximum atomic E-state index is 14.6. The highest BCUT2D eigenvalue weighted by atomic mass is 16.5. The second-order valence-corrected chi connectivity index (χ2v) is 11.2. The molecule has 3 amide bonds. The molecular formula is C32H45N3O6. The van der Waals surface area contributed by atoms with Crippen molar-refractivity contribution in [1.82, 2.24) is 9.80 Å². The van der Waals surface area contributed by atoms with Crippen molar-refractivity contribution in [3.05, 3.63) is 49.6 Å². The zero-order valence-electron chi connectivity index (χ0n) is 24.5. The highest BCUT2D eigenvalue weighted by Gasteiger charge is 2.74. The van der Waals surface area contributed by atoms with E-state index >= 15 is 0 Å². The Kier molecular flexibility index (Phi) is 10.3. The largest absolute Gasteiger partial charge is 0.497 e. The van der Waals surface area contributed by atoms with Gasteiger partial charge in [0.15, 0.2) is 0 Å². The summed E-state index contributed by atoms with van der Waals surface area (Å²) >= 11 is 0. The number of aliphatic hydroxyl groups excluding tert-OH is 1. The summed E-state index contributed by atoms with van der Waals surface area (Å²) in [6.07, 6.45) is 8.03. The molecule has 1 aromatic carbocycles. The fourth-order valence-electron chi connectivity index (χ4n) is 6.99. The number of aliphatic hydroxyl groups is 1. The number of benzene rings is 1. The first-order chi connectivity index (χ1) is 19.9. The van der Waals surface area contributed by atoms with Crippen molar-refractivity contribution in [2.24, 2.45) is 11.8 Å². The third-order valence-electron chi connectivity index (χ3n) is 8.74. The van der Waals surface area contributed by atoms with E-state index < -0.39 is 29.6 Å². The van der Waals surface area contributed by atoms with Crippen LogP contribution in [0, 0.1) is 11.8 Å². The van der Waals surface area contributed by atoms with Crippen LogP contribution in [-0.2, 0) is 19.1 Å². The molecule has 1 N–H and O–H groups in total. The third-order valence-corrected chi connectivity index (χ3v) is 8.74. The van der Waals surface area contributed by atoms with E-state index in [1.54, 1.807) is 46.1 Å². The number of methoxy groups -OCH3 is 1. The number of ether oxygens (including phenoxy) is 2. The Bertz CT molecular complexity index is 1110. The van der Waals surface area contributed by atoms with Crippen molar-refractivity contribution < 1.29 is 29.0 Å². The lowest BCUT2D eigenvalue weighted by atomic mass is 9.70. The average molecular weight is 568 g/mol. The van der Waals surface area contributed by atoms with Gasteiger partial charge < -0.3 is 29.3 Å². The second kappa shape index (κ2) is 13.7. The Morgan fingerprint density at radius 2 is 1.83 bits per heavy atom. The van der Waals surface area contributed by atoms with Crippen LogP contribution in [0.3, 0.4) is 0 Å². The Morgan fingerprint density at radius 1 is 1.12 bits per heavy atom. The van der Waals surface area contributed by atoms with Gasteiger partial charge in [-0.2, -0.15) is 0 Å². The molecule has 0 radical (unpaired) electrons. The minimum absolute atomic E-state index is 0.0919. The van der Waals surface area contributed by atoms with Gasteiger partial charge in [0, 0.05) is 38.5 Å². The lowest BCUT2D eigenvalue weighted by Crippen LogP contribution is -2.56. The lowest BCUT2D eigenvalue weighted by molar-refractivity contribution is -0.145. The molecule has 2 bridgehead atoms. The van der Waals surface area contributed by atoms with Gasteiger partial charge in [0.1, 0.15) is 17.4 Å². The molecule has 1 aromatic rings. The van der Waals surface area contributed by atoms with Gasteiger partial charge in [-0.1, -0.05) is 31.9 Å². The molecule has 2 unspecified atom stereocenters. The molecule has 9 nitrogen and oxygen atoms in total. The maximum Gasteiger partial charge on any atom is 0.253 e. The maximum absolute atomic E-state index is 14.6. The van der Waals surface area contributed by atoms with E-state index in [1.165, 1.54) is 0 Å². The van der Waals surface area contributed by atoms with Crippen molar-refractivity contribution >= 4 is 23.4 Å². The predicted octanol–water partition coefficient (Wildman–Crippen LogP) is 3.57. The molecule has 1 spiro atoms. The van der Waals surface area contributed by atoms with Gasteiger partial charge >= 0.3 is 0 Å². The van der Waals surface area contributed by atoms with E-state index in [1.807, 2.05) is 19.1 Å². The topological polar surface area (TPSA) is 99.6 Å². The first kappa shape index (κ1) is 30.8. The first-order valence-corrected chi connectivity index (χ1v) is 14.9. The number of hydrogen-bond acceptors (Lipinski definition) is 6. The minimum Gasteiger partial charge on any atom is -0.497 e. The SMILES string of the molecule is C=CCN(CCC)C(=O)[C@@H]1[C@H]2C(=O)N(CCCCCCO)C(C(=O)N(CC=C)c3ccc(OC)cc3)C23CC[C@H]1O3. The fraction of sp³-hybridized carbons (Fsp3) is 0.594. The molecule has 9 heteroatoms. The first-order valence-electron chi connectivity index (χ1n) is 14.9. The highest BCUT2D eigenvalue weighted by Crippen LogP contribution is 2.59. The quantitative estimate of drug-likeness (QED) is 0.242. The number of amides is 3. The van der Waals surface area contributed by atoms with E-state index in [9.17, 15) is 19.5 Å². The number of anilines is 1. The molecule has 0 aliphatic carbocycles. The standard InChI is InChI=1S/C32H45N3O6/c1-5-18-33(19-6-2)29(37)26-25-16-17-32(41-25)27(26)30(38)35(21-10-8-9-11-22-36)28(32)31(39)34(20-7-3)23-12-14-24(40-4)15-13-23/h5,7,12-15,25-28,36H,1,3,6,8-11,16-22H2,2,4H3/t25-,26+,27+,28?,32?/m1/s1. The zero-order chi connectivity index (χ0) is 29.6. The van der Waals surface area contributed by atoms with E-state index in [2.05, 4.69) is 13.2 Å². The number of rotatable bonds is 16. The van der Waals surface area contributed by atoms with Crippen LogP contribution in [0.4, 0.5) is 5.69 Å². The van der Waals surface area contributed by atoms with Crippen LogP contribution >= 0.6 is 0 Å².